The Morgan fingerprint density at radius 3 is 3.00 bits per heavy atom. The molecule has 1 unspecified atom stereocenters. The molecule has 0 bridgehead atoms. The van der Waals surface area contributed by atoms with Gasteiger partial charge in [0.25, 0.3) is 0 Å². The predicted molar refractivity (Wildman–Crippen MR) is 72.0 cm³/mol. The normalized spacial score (nSPS) is 12.6. The second kappa shape index (κ2) is 6.12. The van der Waals surface area contributed by atoms with Gasteiger partial charge in [0.1, 0.15) is 0 Å². The zero-order chi connectivity index (χ0) is 12.1. The number of aryl methyl sites for hydroxylation is 1. The minimum Gasteiger partial charge on any atom is -0.271 e. The standard InChI is InChI=1S/C12H14ClN3S/c13-10-2-1-6-15-12(10)11(16-14)4-3-9-5-7-17-8-9/h1-2,5-8,11,16H,3-4,14H2. The van der Waals surface area contributed by atoms with Gasteiger partial charge in [0.15, 0.2) is 0 Å². The molecule has 0 radical (unpaired) electrons. The van der Waals surface area contributed by atoms with Crippen LogP contribution in [0.2, 0.25) is 5.02 Å². The lowest BCUT2D eigenvalue weighted by molar-refractivity contribution is 0.505. The van der Waals surface area contributed by atoms with Gasteiger partial charge in [0.2, 0.25) is 0 Å². The molecular weight excluding hydrogens is 254 g/mol. The number of rotatable bonds is 5. The number of pyridine rings is 1. The van der Waals surface area contributed by atoms with Crippen LogP contribution in [0.4, 0.5) is 0 Å². The quantitative estimate of drug-likeness (QED) is 0.647. The fraction of sp³-hybridized carbons (Fsp3) is 0.250. The summed E-state index contributed by atoms with van der Waals surface area (Å²) in [6, 6.07) is 5.76. The van der Waals surface area contributed by atoms with Crippen LogP contribution < -0.4 is 11.3 Å². The van der Waals surface area contributed by atoms with Crippen molar-refractivity contribution in [3.63, 3.8) is 0 Å². The van der Waals surface area contributed by atoms with E-state index in [0.29, 0.717) is 5.02 Å². The van der Waals surface area contributed by atoms with Gasteiger partial charge in [-0.15, -0.1) is 0 Å². The molecule has 3 nitrogen and oxygen atoms in total. The van der Waals surface area contributed by atoms with E-state index in [1.165, 1.54) is 5.56 Å². The number of nitrogens with zero attached hydrogens (tertiary/aromatic N) is 1. The van der Waals surface area contributed by atoms with Crippen molar-refractivity contribution < 1.29 is 0 Å². The molecule has 2 rings (SSSR count). The van der Waals surface area contributed by atoms with Crippen LogP contribution in [0.3, 0.4) is 0 Å². The van der Waals surface area contributed by atoms with Crippen molar-refractivity contribution in [1.82, 2.24) is 10.4 Å². The Kier molecular flexibility index (Phi) is 4.50. The molecule has 1 atom stereocenters. The van der Waals surface area contributed by atoms with E-state index >= 15 is 0 Å². The van der Waals surface area contributed by atoms with E-state index in [9.17, 15) is 0 Å². The van der Waals surface area contributed by atoms with Crippen molar-refractivity contribution in [2.75, 3.05) is 0 Å². The van der Waals surface area contributed by atoms with Crippen molar-refractivity contribution in [1.29, 1.82) is 0 Å². The minimum atomic E-state index is -0.0106. The van der Waals surface area contributed by atoms with E-state index < -0.39 is 0 Å². The summed E-state index contributed by atoms with van der Waals surface area (Å²) in [5.74, 6) is 5.57. The van der Waals surface area contributed by atoms with Crippen LogP contribution in [0, 0.1) is 0 Å². The molecule has 0 saturated heterocycles. The molecule has 17 heavy (non-hydrogen) atoms. The van der Waals surface area contributed by atoms with E-state index in [2.05, 4.69) is 27.2 Å². The summed E-state index contributed by atoms with van der Waals surface area (Å²) >= 11 is 7.81. The smallest absolute Gasteiger partial charge is 0.0772 e. The van der Waals surface area contributed by atoms with Gasteiger partial charge < -0.3 is 0 Å². The predicted octanol–water partition coefficient (Wildman–Crippen LogP) is 2.93. The highest BCUT2D eigenvalue weighted by atomic mass is 35.5. The van der Waals surface area contributed by atoms with Crippen molar-refractivity contribution >= 4 is 22.9 Å². The van der Waals surface area contributed by atoms with E-state index in [4.69, 9.17) is 17.4 Å². The van der Waals surface area contributed by atoms with Gasteiger partial charge in [-0.05, 0) is 47.4 Å². The molecule has 0 aromatic carbocycles. The Labute approximate surface area is 110 Å². The number of hydrogen-bond acceptors (Lipinski definition) is 4. The van der Waals surface area contributed by atoms with Crippen molar-refractivity contribution in [2.24, 2.45) is 5.84 Å². The lowest BCUT2D eigenvalue weighted by Gasteiger charge is -2.15. The van der Waals surface area contributed by atoms with Crippen LogP contribution in [0.15, 0.2) is 35.2 Å². The molecular formula is C12H14ClN3S. The minimum absolute atomic E-state index is 0.0106. The SMILES string of the molecule is NNC(CCc1ccsc1)c1ncccc1Cl. The summed E-state index contributed by atoms with van der Waals surface area (Å²) in [6.45, 7) is 0. The summed E-state index contributed by atoms with van der Waals surface area (Å²) in [5.41, 5.74) is 4.91. The summed E-state index contributed by atoms with van der Waals surface area (Å²) in [5, 5.41) is 4.88. The maximum Gasteiger partial charge on any atom is 0.0772 e. The van der Waals surface area contributed by atoms with Gasteiger partial charge in [0, 0.05) is 6.20 Å². The highest BCUT2D eigenvalue weighted by molar-refractivity contribution is 7.07. The molecule has 5 heteroatoms. The summed E-state index contributed by atoms with van der Waals surface area (Å²) < 4.78 is 0. The van der Waals surface area contributed by atoms with Gasteiger partial charge in [-0.3, -0.25) is 16.3 Å². The summed E-state index contributed by atoms with van der Waals surface area (Å²) in [7, 11) is 0. The number of halogens is 1. The van der Waals surface area contributed by atoms with Crippen molar-refractivity contribution in [3.05, 3.63) is 51.4 Å². The van der Waals surface area contributed by atoms with E-state index in [1.54, 1.807) is 17.5 Å². The number of hydrogen-bond donors (Lipinski definition) is 2. The third kappa shape index (κ3) is 3.26. The number of hydrazine groups is 1. The summed E-state index contributed by atoms with van der Waals surface area (Å²) in [6.07, 6.45) is 3.57. The molecule has 0 fully saturated rings. The first-order valence-corrected chi connectivity index (χ1v) is 6.71. The largest absolute Gasteiger partial charge is 0.271 e. The molecule has 3 N–H and O–H groups in total. The molecule has 90 valence electrons. The number of thiophene rings is 1. The van der Waals surface area contributed by atoms with Crippen molar-refractivity contribution in [3.8, 4) is 0 Å². The Balaban J connectivity index is 2.04. The van der Waals surface area contributed by atoms with Crippen LogP contribution in [-0.4, -0.2) is 4.98 Å². The molecule has 0 spiro atoms. The number of aromatic nitrogens is 1. The van der Waals surface area contributed by atoms with Crippen LogP contribution in [-0.2, 0) is 6.42 Å². The molecule has 2 aromatic heterocycles. The molecule has 0 aliphatic carbocycles. The van der Waals surface area contributed by atoms with Gasteiger partial charge in [-0.25, -0.2) is 0 Å². The first kappa shape index (κ1) is 12.5. The van der Waals surface area contributed by atoms with E-state index in [1.807, 2.05) is 12.1 Å². The maximum atomic E-state index is 6.10. The molecule has 2 heterocycles. The Morgan fingerprint density at radius 1 is 1.47 bits per heavy atom. The van der Waals surface area contributed by atoms with Gasteiger partial charge in [-0.1, -0.05) is 11.6 Å². The average molecular weight is 268 g/mol. The average Bonchev–Trinajstić information content (AvgIpc) is 2.85. The topological polar surface area (TPSA) is 50.9 Å². The van der Waals surface area contributed by atoms with E-state index in [-0.39, 0.29) is 6.04 Å². The molecule has 0 saturated carbocycles. The Morgan fingerprint density at radius 2 is 2.35 bits per heavy atom. The Bertz CT molecular complexity index is 459. The zero-order valence-electron chi connectivity index (χ0n) is 9.27. The zero-order valence-corrected chi connectivity index (χ0v) is 10.8. The van der Waals surface area contributed by atoms with Crippen LogP contribution in [0.5, 0.6) is 0 Å². The van der Waals surface area contributed by atoms with Gasteiger partial charge in [0.05, 0.1) is 16.8 Å². The molecule has 2 aromatic rings. The lowest BCUT2D eigenvalue weighted by Crippen LogP contribution is -2.29. The molecule has 0 aliphatic heterocycles. The van der Waals surface area contributed by atoms with E-state index in [0.717, 1.165) is 18.5 Å². The maximum absolute atomic E-state index is 6.10. The van der Waals surface area contributed by atoms with Crippen LogP contribution in [0.1, 0.15) is 23.7 Å². The highest BCUT2D eigenvalue weighted by Gasteiger charge is 2.14. The Hall–Kier alpha value is -0.940. The van der Waals surface area contributed by atoms with Crippen LogP contribution in [0.25, 0.3) is 0 Å². The fourth-order valence-corrected chi connectivity index (χ4v) is 2.66. The molecule has 0 amide bonds. The summed E-state index contributed by atoms with van der Waals surface area (Å²) in [4.78, 5) is 4.28. The first-order chi connectivity index (χ1) is 8.31. The number of nitrogens with two attached hydrogens (primary N) is 1. The fourth-order valence-electron chi connectivity index (χ4n) is 1.70. The molecule has 0 aliphatic rings. The first-order valence-electron chi connectivity index (χ1n) is 5.39. The second-order valence-electron chi connectivity index (χ2n) is 3.76. The monoisotopic (exact) mass is 267 g/mol. The van der Waals surface area contributed by atoms with Crippen molar-refractivity contribution in [2.45, 2.75) is 18.9 Å². The van der Waals surface area contributed by atoms with Crippen LogP contribution >= 0.6 is 22.9 Å². The lowest BCUT2D eigenvalue weighted by atomic mass is 10.1. The third-order valence-electron chi connectivity index (χ3n) is 2.62. The highest BCUT2D eigenvalue weighted by Crippen LogP contribution is 2.23. The van der Waals surface area contributed by atoms with Gasteiger partial charge in [-0.2, -0.15) is 11.3 Å². The van der Waals surface area contributed by atoms with Gasteiger partial charge >= 0.3 is 0 Å². The third-order valence-corrected chi connectivity index (χ3v) is 3.67. The second-order valence-corrected chi connectivity index (χ2v) is 4.95. The number of nitrogens with one attached hydrogen (secondary N) is 1.